The van der Waals surface area contributed by atoms with Gasteiger partial charge in [-0.3, -0.25) is 4.79 Å². The van der Waals surface area contributed by atoms with E-state index in [1.54, 1.807) is 29.2 Å². The molecule has 3 aromatic rings. The molecule has 156 valence electrons. The van der Waals surface area contributed by atoms with Gasteiger partial charge in [0.25, 0.3) is 5.91 Å². The highest BCUT2D eigenvalue weighted by molar-refractivity contribution is 6.33. The molecule has 0 N–H and O–H groups in total. The number of hydrogen-bond donors (Lipinski definition) is 0. The summed E-state index contributed by atoms with van der Waals surface area (Å²) in [6.07, 6.45) is -2.40. The van der Waals surface area contributed by atoms with E-state index in [1.165, 1.54) is 12.5 Å². The van der Waals surface area contributed by atoms with E-state index in [4.69, 9.17) is 16.0 Å². The van der Waals surface area contributed by atoms with Crippen LogP contribution in [0.3, 0.4) is 0 Å². The number of benzene rings is 1. The van der Waals surface area contributed by atoms with Gasteiger partial charge in [0.05, 0.1) is 10.6 Å². The van der Waals surface area contributed by atoms with Gasteiger partial charge < -0.3 is 14.2 Å². The molecule has 1 aromatic carbocycles. The van der Waals surface area contributed by atoms with Gasteiger partial charge in [0.15, 0.2) is 17.8 Å². The summed E-state index contributed by atoms with van der Waals surface area (Å²) >= 11 is 6.21. The van der Waals surface area contributed by atoms with E-state index < -0.39 is 11.7 Å². The molecule has 2 aromatic heterocycles. The molecule has 0 radical (unpaired) electrons. The Hall–Kier alpha value is -3.07. The molecule has 0 aliphatic carbocycles. The number of carbonyl (C=O) groups is 1. The molecule has 6 nitrogen and oxygen atoms in total. The van der Waals surface area contributed by atoms with Crippen molar-refractivity contribution < 1.29 is 22.4 Å². The molecule has 1 fully saturated rings. The van der Waals surface area contributed by atoms with Crippen LogP contribution in [-0.4, -0.2) is 47.0 Å². The van der Waals surface area contributed by atoms with Gasteiger partial charge in [-0.15, -0.1) is 0 Å². The fraction of sp³-hybridized carbons (Fsp3) is 0.250. The van der Waals surface area contributed by atoms with Gasteiger partial charge in [0, 0.05) is 37.9 Å². The number of oxazole rings is 1. The zero-order chi connectivity index (χ0) is 21.3. The molecule has 0 spiro atoms. The number of hydrogen-bond acceptors (Lipinski definition) is 5. The topological polar surface area (TPSA) is 62.5 Å². The average Bonchev–Trinajstić information content (AvgIpc) is 3.23. The molecule has 30 heavy (non-hydrogen) atoms. The van der Waals surface area contributed by atoms with Crippen LogP contribution in [0.5, 0.6) is 0 Å². The number of rotatable bonds is 3. The Labute approximate surface area is 174 Å². The lowest BCUT2D eigenvalue weighted by molar-refractivity contribution is -0.137. The van der Waals surface area contributed by atoms with Gasteiger partial charge in [-0.25, -0.2) is 9.97 Å². The molecular formula is C20H16ClF3N4O2. The summed E-state index contributed by atoms with van der Waals surface area (Å²) in [7, 11) is 0. The third-order valence-corrected chi connectivity index (χ3v) is 5.18. The van der Waals surface area contributed by atoms with Gasteiger partial charge in [0.1, 0.15) is 5.82 Å². The quantitative estimate of drug-likeness (QED) is 0.610. The molecule has 0 bridgehead atoms. The van der Waals surface area contributed by atoms with Crippen molar-refractivity contribution in [2.24, 2.45) is 0 Å². The lowest BCUT2D eigenvalue weighted by Gasteiger charge is -2.35. The predicted molar refractivity (Wildman–Crippen MR) is 104 cm³/mol. The molecule has 1 amide bonds. The van der Waals surface area contributed by atoms with Crippen molar-refractivity contribution in [3.63, 3.8) is 0 Å². The Balaban J connectivity index is 1.45. The molecule has 4 rings (SSSR count). The Morgan fingerprint density at radius 3 is 2.40 bits per heavy atom. The molecule has 1 aliphatic rings. The van der Waals surface area contributed by atoms with Crippen molar-refractivity contribution in [3.05, 3.63) is 65.3 Å². The van der Waals surface area contributed by atoms with Crippen molar-refractivity contribution in [2.45, 2.75) is 6.18 Å². The fourth-order valence-corrected chi connectivity index (χ4v) is 3.49. The second kappa shape index (κ2) is 7.98. The molecule has 1 aliphatic heterocycles. The molecular weight excluding hydrogens is 421 g/mol. The number of amides is 1. The Morgan fingerprint density at radius 1 is 1.03 bits per heavy atom. The number of halogens is 4. The Bertz CT molecular complexity index is 1040. The number of pyridine rings is 1. The van der Waals surface area contributed by atoms with Gasteiger partial charge in [-0.1, -0.05) is 23.7 Å². The van der Waals surface area contributed by atoms with Gasteiger partial charge in [0.2, 0.25) is 0 Å². The van der Waals surface area contributed by atoms with E-state index in [-0.39, 0.29) is 11.6 Å². The van der Waals surface area contributed by atoms with Crippen molar-refractivity contribution in [1.82, 2.24) is 14.9 Å². The highest BCUT2D eigenvalue weighted by Crippen LogP contribution is 2.31. The number of carbonyl (C=O) groups excluding carboxylic acids is 1. The first-order chi connectivity index (χ1) is 14.3. The van der Waals surface area contributed by atoms with Crippen LogP contribution in [0.4, 0.5) is 19.0 Å². The number of piperazine rings is 1. The van der Waals surface area contributed by atoms with Crippen molar-refractivity contribution in [2.75, 3.05) is 31.1 Å². The van der Waals surface area contributed by atoms with Crippen LogP contribution in [-0.2, 0) is 6.18 Å². The van der Waals surface area contributed by atoms with Crippen LogP contribution in [0.1, 0.15) is 16.1 Å². The molecule has 0 unspecified atom stereocenters. The molecule has 0 atom stereocenters. The minimum absolute atomic E-state index is 0.171. The van der Waals surface area contributed by atoms with Gasteiger partial charge in [-0.05, 0) is 24.3 Å². The van der Waals surface area contributed by atoms with Crippen LogP contribution >= 0.6 is 11.6 Å². The Kier molecular flexibility index (Phi) is 5.38. The number of anilines is 1. The van der Waals surface area contributed by atoms with Crippen LogP contribution < -0.4 is 4.90 Å². The molecule has 10 heteroatoms. The third kappa shape index (κ3) is 3.97. The summed E-state index contributed by atoms with van der Waals surface area (Å²) in [5.74, 6) is 0.449. The maximum atomic E-state index is 13.0. The molecule has 0 saturated carbocycles. The zero-order valence-electron chi connectivity index (χ0n) is 15.6. The van der Waals surface area contributed by atoms with E-state index in [0.29, 0.717) is 48.3 Å². The lowest BCUT2D eigenvalue weighted by atomic mass is 10.1. The first kappa shape index (κ1) is 20.2. The zero-order valence-corrected chi connectivity index (χ0v) is 16.3. The van der Waals surface area contributed by atoms with Crippen molar-refractivity contribution >= 4 is 23.3 Å². The van der Waals surface area contributed by atoms with Crippen LogP contribution in [0.15, 0.2) is 53.4 Å². The highest BCUT2D eigenvalue weighted by atomic mass is 35.5. The van der Waals surface area contributed by atoms with Crippen molar-refractivity contribution in [1.29, 1.82) is 0 Å². The smallest absolute Gasteiger partial charge is 0.417 e. The van der Waals surface area contributed by atoms with Crippen molar-refractivity contribution in [3.8, 4) is 11.3 Å². The summed E-state index contributed by atoms with van der Waals surface area (Å²) < 4.78 is 43.5. The summed E-state index contributed by atoms with van der Waals surface area (Å²) in [5, 5.41) is 0.446. The van der Waals surface area contributed by atoms with E-state index in [1.807, 2.05) is 4.90 Å². The molecule has 1 saturated heterocycles. The minimum atomic E-state index is -4.42. The second-order valence-electron chi connectivity index (χ2n) is 6.69. The van der Waals surface area contributed by atoms with Crippen LogP contribution in [0, 0.1) is 0 Å². The largest absolute Gasteiger partial charge is 0.443 e. The minimum Gasteiger partial charge on any atom is -0.443 e. The highest BCUT2D eigenvalue weighted by Gasteiger charge is 2.32. The summed E-state index contributed by atoms with van der Waals surface area (Å²) in [4.78, 5) is 24.4. The number of alkyl halides is 3. The number of aromatic nitrogens is 2. The van der Waals surface area contributed by atoms with Crippen LogP contribution in [0.25, 0.3) is 11.3 Å². The first-order valence-corrected chi connectivity index (χ1v) is 9.48. The standard InChI is InChI=1S/C20H16ClF3N4O2/c21-15-4-2-1-3-14(15)18-17(26-12-30-18)19(29)28-9-7-27(8-10-28)16-6-5-13(11-25-16)20(22,23)24/h1-6,11-12H,7-10H2. The summed E-state index contributed by atoms with van der Waals surface area (Å²) in [6.45, 7) is 1.61. The predicted octanol–water partition coefficient (Wildman–Crippen LogP) is 4.37. The van der Waals surface area contributed by atoms with E-state index in [0.717, 1.165) is 12.3 Å². The molecule has 3 heterocycles. The second-order valence-corrected chi connectivity index (χ2v) is 7.10. The van der Waals surface area contributed by atoms with Crippen LogP contribution in [0.2, 0.25) is 5.02 Å². The van der Waals surface area contributed by atoms with E-state index in [2.05, 4.69) is 9.97 Å². The maximum Gasteiger partial charge on any atom is 0.417 e. The maximum absolute atomic E-state index is 13.0. The summed E-state index contributed by atoms with van der Waals surface area (Å²) in [6, 6.07) is 9.35. The lowest BCUT2D eigenvalue weighted by Crippen LogP contribution is -2.49. The SMILES string of the molecule is O=C(c1ncoc1-c1ccccc1Cl)N1CCN(c2ccc(C(F)(F)F)cn2)CC1. The first-order valence-electron chi connectivity index (χ1n) is 9.10. The third-order valence-electron chi connectivity index (χ3n) is 4.85. The summed E-state index contributed by atoms with van der Waals surface area (Å²) in [5.41, 5.74) is -0.0463. The normalized spacial score (nSPS) is 14.8. The monoisotopic (exact) mass is 436 g/mol. The fourth-order valence-electron chi connectivity index (χ4n) is 3.26. The van der Waals surface area contributed by atoms with Gasteiger partial charge >= 0.3 is 6.18 Å². The van der Waals surface area contributed by atoms with E-state index in [9.17, 15) is 18.0 Å². The van der Waals surface area contributed by atoms with E-state index >= 15 is 0 Å². The van der Waals surface area contributed by atoms with Gasteiger partial charge in [-0.2, -0.15) is 13.2 Å². The Morgan fingerprint density at radius 2 is 1.77 bits per heavy atom. The number of nitrogens with zero attached hydrogens (tertiary/aromatic N) is 4. The average molecular weight is 437 g/mol.